The topological polar surface area (TPSA) is 50.7 Å². The average Bonchev–Trinajstić information content (AvgIpc) is 2.73. The van der Waals surface area contributed by atoms with Gasteiger partial charge < -0.3 is 19.9 Å². The van der Waals surface area contributed by atoms with Crippen molar-refractivity contribution in [3.63, 3.8) is 0 Å². The van der Waals surface area contributed by atoms with Gasteiger partial charge in [0.1, 0.15) is 5.75 Å². The van der Waals surface area contributed by atoms with Gasteiger partial charge in [-0.1, -0.05) is 17.7 Å². The van der Waals surface area contributed by atoms with Crippen LogP contribution in [0.4, 0.5) is 14.5 Å². The van der Waals surface area contributed by atoms with Gasteiger partial charge in [0.2, 0.25) is 0 Å². The van der Waals surface area contributed by atoms with Crippen LogP contribution in [-0.2, 0) is 6.54 Å². The summed E-state index contributed by atoms with van der Waals surface area (Å²) in [7, 11) is 0. The largest absolute Gasteiger partial charge is 0.586 e. The van der Waals surface area contributed by atoms with Gasteiger partial charge >= 0.3 is 6.29 Å². The van der Waals surface area contributed by atoms with Crippen LogP contribution in [0.3, 0.4) is 0 Å². The van der Waals surface area contributed by atoms with E-state index in [0.717, 1.165) is 5.56 Å². The summed E-state index contributed by atoms with van der Waals surface area (Å²) < 4.78 is 34.5. The maximum atomic E-state index is 12.9. The lowest BCUT2D eigenvalue weighted by Gasteiger charge is -2.08. The molecule has 0 unspecified atom stereocenters. The van der Waals surface area contributed by atoms with Gasteiger partial charge in [-0.2, -0.15) is 0 Å². The first-order valence-electron chi connectivity index (χ1n) is 6.04. The quantitative estimate of drug-likeness (QED) is 0.900. The summed E-state index contributed by atoms with van der Waals surface area (Å²) in [6.45, 7) is 0.413. The summed E-state index contributed by atoms with van der Waals surface area (Å²) in [5.74, 6) is -0.0160. The molecule has 7 heteroatoms. The van der Waals surface area contributed by atoms with Crippen LogP contribution in [0.15, 0.2) is 36.4 Å². The van der Waals surface area contributed by atoms with Crippen LogP contribution in [-0.4, -0.2) is 11.4 Å². The van der Waals surface area contributed by atoms with E-state index in [0.29, 0.717) is 12.2 Å². The second-order valence-electron chi connectivity index (χ2n) is 4.47. The molecule has 0 aromatic heterocycles. The number of alkyl halides is 2. The molecule has 0 atom stereocenters. The number of phenolic OH excluding ortho intramolecular Hbond substituents is 1. The molecule has 0 radical (unpaired) electrons. The predicted molar refractivity (Wildman–Crippen MR) is 73.1 cm³/mol. The van der Waals surface area contributed by atoms with Crippen molar-refractivity contribution in [1.29, 1.82) is 0 Å². The number of benzene rings is 2. The summed E-state index contributed by atoms with van der Waals surface area (Å²) in [6.07, 6.45) is -3.62. The Labute approximate surface area is 123 Å². The Morgan fingerprint density at radius 2 is 1.86 bits per heavy atom. The van der Waals surface area contributed by atoms with Gasteiger partial charge in [-0.3, -0.25) is 0 Å². The fourth-order valence-corrected chi connectivity index (χ4v) is 2.13. The standard InChI is InChI=1S/C14H10ClF2NO3/c15-10-5-8(1-3-11(10)19)7-18-9-2-4-12-13(6-9)21-14(16,17)20-12/h1-6,18-19H,7H2. The van der Waals surface area contributed by atoms with Crippen LogP contribution in [0.25, 0.3) is 0 Å². The Kier molecular flexibility index (Phi) is 3.25. The molecule has 0 fully saturated rings. The number of phenols is 1. The predicted octanol–water partition coefficient (Wildman–Crippen LogP) is 3.98. The number of halogens is 3. The fourth-order valence-electron chi connectivity index (χ4n) is 1.92. The van der Waals surface area contributed by atoms with Crippen LogP contribution >= 0.6 is 11.6 Å². The zero-order valence-electron chi connectivity index (χ0n) is 10.6. The lowest BCUT2D eigenvalue weighted by atomic mass is 10.2. The van der Waals surface area contributed by atoms with Gasteiger partial charge in [-0.15, -0.1) is 8.78 Å². The molecule has 0 bridgehead atoms. The summed E-state index contributed by atoms with van der Waals surface area (Å²) in [6, 6.07) is 9.24. The molecule has 2 aromatic rings. The van der Waals surface area contributed by atoms with E-state index >= 15 is 0 Å². The van der Waals surface area contributed by atoms with Crippen molar-refractivity contribution < 1.29 is 23.4 Å². The number of ether oxygens (including phenoxy) is 2. The van der Waals surface area contributed by atoms with Crippen molar-refractivity contribution in [1.82, 2.24) is 0 Å². The lowest BCUT2D eigenvalue weighted by Crippen LogP contribution is -2.25. The highest BCUT2D eigenvalue weighted by Gasteiger charge is 2.43. The maximum absolute atomic E-state index is 12.9. The van der Waals surface area contributed by atoms with Crippen molar-refractivity contribution in [2.45, 2.75) is 12.8 Å². The molecule has 0 aliphatic carbocycles. The zero-order chi connectivity index (χ0) is 15.0. The first-order chi connectivity index (χ1) is 9.93. The smallest absolute Gasteiger partial charge is 0.506 e. The minimum absolute atomic E-state index is 0.00164. The Morgan fingerprint density at radius 3 is 2.62 bits per heavy atom. The third-order valence-corrected chi connectivity index (χ3v) is 3.21. The van der Waals surface area contributed by atoms with Crippen molar-refractivity contribution in [3.8, 4) is 17.2 Å². The molecule has 21 heavy (non-hydrogen) atoms. The van der Waals surface area contributed by atoms with E-state index < -0.39 is 6.29 Å². The first-order valence-corrected chi connectivity index (χ1v) is 6.42. The number of anilines is 1. The Bertz CT molecular complexity index is 694. The Morgan fingerprint density at radius 1 is 1.10 bits per heavy atom. The first kappa shape index (κ1) is 13.8. The van der Waals surface area contributed by atoms with Gasteiger partial charge in [0, 0.05) is 18.3 Å². The highest BCUT2D eigenvalue weighted by Crippen LogP contribution is 2.42. The van der Waals surface area contributed by atoms with Crippen molar-refractivity contribution in [3.05, 3.63) is 47.0 Å². The fraction of sp³-hybridized carbons (Fsp3) is 0.143. The molecule has 4 nitrogen and oxygen atoms in total. The normalized spacial score (nSPS) is 15.0. The SMILES string of the molecule is Oc1ccc(CNc2ccc3c(c2)OC(F)(F)O3)cc1Cl. The summed E-state index contributed by atoms with van der Waals surface area (Å²) >= 11 is 5.81. The van der Waals surface area contributed by atoms with Crippen LogP contribution in [0, 0.1) is 0 Å². The summed E-state index contributed by atoms with van der Waals surface area (Å²) in [5, 5.41) is 12.6. The van der Waals surface area contributed by atoms with Crippen molar-refractivity contribution in [2.75, 3.05) is 5.32 Å². The van der Waals surface area contributed by atoms with Crippen LogP contribution in [0.5, 0.6) is 17.2 Å². The van der Waals surface area contributed by atoms with E-state index in [1.807, 2.05) is 0 Å². The van der Waals surface area contributed by atoms with Crippen LogP contribution in [0.2, 0.25) is 5.02 Å². The molecular weight excluding hydrogens is 304 g/mol. The van der Waals surface area contributed by atoms with E-state index in [4.69, 9.17) is 11.6 Å². The molecule has 1 heterocycles. The molecule has 0 saturated carbocycles. The average molecular weight is 314 g/mol. The molecular formula is C14H10ClF2NO3. The van der Waals surface area contributed by atoms with E-state index in [-0.39, 0.29) is 22.3 Å². The molecule has 1 aliphatic rings. The van der Waals surface area contributed by atoms with Gasteiger partial charge in [-0.05, 0) is 29.8 Å². The summed E-state index contributed by atoms with van der Waals surface area (Å²) in [5.41, 5.74) is 1.43. The second-order valence-corrected chi connectivity index (χ2v) is 4.88. The molecule has 3 rings (SSSR count). The second kappa shape index (κ2) is 4.96. The number of rotatable bonds is 3. The van der Waals surface area contributed by atoms with Gasteiger partial charge in [-0.25, -0.2) is 0 Å². The minimum Gasteiger partial charge on any atom is -0.506 e. The molecule has 2 aromatic carbocycles. The molecule has 0 amide bonds. The third kappa shape index (κ3) is 2.95. The zero-order valence-corrected chi connectivity index (χ0v) is 11.3. The molecule has 0 spiro atoms. The Hall–Kier alpha value is -2.21. The van der Waals surface area contributed by atoms with Crippen molar-refractivity contribution in [2.24, 2.45) is 0 Å². The van der Waals surface area contributed by atoms with Gasteiger partial charge in [0.15, 0.2) is 11.5 Å². The third-order valence-electron chi connectivity index (χ3n) is 2.91. The molecule has 2 N–H and O–H groups in total. The number of hydrogen-bond donors (Lipinski definition) is 2. The molecule has 0 saturated heterocycles. The monoisotopic (exact) mass is 313 g/mol. The summed E-state index contributed by atoms with van der Waals surface area (Å²) in [4.78, 5) is 0. The highest BCUT2D eigenvalue weighted by atomic mass is 35.5. The number of nitrogens with one attached hydrogen (secondary N) is 1. The Balaban J connectivity index is 1.71. The van der Waals surface area contributed by atoms with E-state index in [1.54, 1.807) is 18.2 Å². The van der Waals surface area contributed by atoms with Gasteiger partial charge in [0.25, 0.3) is 0 Å². The minimum atomic E-state index is -3.62. The van der Waals surface area contributed by atoms with E-state index in [9.17, 15) is 13.9 Å². The van der Waals surface area contributed by atoms with E-state index in [1.165, 1.54) is 18.2 Å². The number of aromatic hydroxyl groups is 1. The van der Waals surface area contributed by atoms with Crippen LogP contribution < -0.4 is 14.8 Å². The lowest BCUT2D eigenvalue weighted by molar-refractivity contribution is -0.286. The molecule has 1 aliphatic heterocycles. The van der Waals surface area contributed by atoms with Crippen molar-refractivity contribution >= 4 is 17.3 Å². The maximum Gasteiger partial charge on any atom is 0.586 e. The molecule has 110 valence electrons. The van der Waals surface area contributed by atoms with E-state index in [2.05, 4.69) is 14.8 Å². The van der Waals surface area contributed by atoms with Gasteiger partial charge in [0.05, 0.1) is 5.02 Å². The van der Waals surface area contributed by atoms with Crippen LogP contribution in [0.1, 0.15) is 5.56 Å². The number of fused-ring (bicyclic) bond motifs is 1. The number of hydrogen-bond acceptors (Lipinski definition) is 4. The highest BCUT2D eigenvalue weighted by molar-refractivity contribution is 6.32.